The van der Waals surface area contributed by atoms with Crippen LogP contribution in [0.1, 0.15) is 50.4 Å². The van der Waals surface area contributed by atoms with E-state index in [1.807, 2.05) is 6.07 Å². The molecule has 1 fully saturated rings. The lowest BCUT2D eigenvalue weighted by Gasteiger charge is -2.33. The van der Waals surface area contributed by atoms with Crippen molar-refractivity contribution in [3.05, 3.63) is 23.8 Å². The van der Waals surface area contributed by atoms with Crippen molar-refractivity contribution in [1.29, 1.82) is 0 Å². The molecule has 21 heavy (non-hydrogen) atoms. The Morgan fingerprint density at radius 3 is 2.52 bits per heavy atom. The third-order valence-corrected chi connectivity index (χ3v) is 4.10. The first kappa shape index (κ1) is 15.7. The number of esters is 1. The zero-order valence-corrected chi connectivity index (χ0v) is 13.2. The number of rotatable bonds is 4. The van der Waals surface area contributed by atoms with E-state index in [1.54, 1.807) is 19.1 Å². The minimum Gasteiger partial charge on any atom is -0.462 e. The molecule has 1 aromatic carbocycles. The van der Waals surface area contributed by atoms with E-state index in [0.717, 1.165) is 17.5 Å². The van der Waals surface area contributed by atoms with E-state index in [1.165, 1.54) is 19.3 Å². The highest BCUT2D eigenvalue weighted by molar-refractivity contribution is 5.91. The van der Waals surface area contributed by atoms with Gasteiger partial charge in [-0.1, -0.05) is 13.8 Å². The normalized spacial score (nSPS) is 25.4. The van der Waals surface area contributed by atoms with Gasteiger partial charge in [-0.3, -0.25) is 0 Å². The maximum absolute atomic E-state index is 11.7. The molecule has 1 aliphatic rings. The van der Waals surface area contributed by atoms with E-state index in [9.17, 15) is 4.79 Å². The number of hydrogen-bond donors (Lipinski definition) is 2. The first-order valence-corrected chi connectivity index (χ1v) is 7.82. The molecule has 1 saturated carbocycles. The van der Waals surface area contributed by atoms with Crippen LogP contribution in [0, 0.1) is 11.8 Å². The third-order valence-electron chi connectivity index (χ3n) is 4.10. The van der Waals surface area contributed by atoms with Crippen LogP contribution in [0.4, 0.5) is 11.4 Å². The predicted octanol–water partition coefficient (Wildman–Crippen LogP) is 3.68. The highest BCUT2D eigenvalue weighted by atomic mass is 16.5. The number of ether oxygens (including phenoxy) is 1. The summed E-state index contributed by atoms with van der Waals surface area (Å²) in [6.45, 7) is 6.77. The Labute approximate surface area is 127 Å². The van der Waals surface area contributed by atoms with E-state index < -0.39 is 0 Å². The Balaban J connectivity index is 2.05. The summed E-state index contributed by atoms with van der Waals surface area (Å²) in [5.41, 5.74) is 8.09. The average Bonchev–Trinajstić information content (AvgIpc) is 2.40. The summed E-state index contributed by atoms with van der Waals surface area (Å²) in [5, 5.41) is 3.53. The molecule has 4 heteroatoms. The molecule has 0 heterocycles. The molecule has 0 saturated heterocycles. The first-order valence-electron chi connectivity index (χ1n) is 7.82. The molecule has 116 valence electrons. The van der Waals surface area contributed by atoms with Gasteiger partial charge in [-0.2, -0.15) is 0 Å². The molecule has 1 aromatic rings. The Hall–Kier alpha value is -1.71. The molecule has 0 aliphatic heterocycles. The van der Waals surface area contributed by atoms with E-state index in [0.29, 0.717) is 23.9 Å². The minimum atomic E-state index is -0.323. The van der Waals surface area contributed by atoms with Crippen molar-refractivity contribution in [1.82, 2.24) is 0 Å². The Morgan fingerprint density at radius 1 is 1.29 bits per heavy atom. The minimum absolute atomic E-state index is 0.323. The lowest BCUT2D eigenvalue weighted by molar-refractivity contribution is 0.0526. The number of hydrogen-bond acceptors (Lipinski definition) is 4. The molecule has 0 radical (unpaired) electrons. The molecule has 3 N–H and O–H groups in total. The highest BCUT2D eigenvalue weighted by Gasteiger charge is 2.24. The molecular weight excluding hydrogens is 264 g/mol. The molecule has 0 amide bonds. The van der Waals surface area contributed by atoms with Crippen molar-refractivity contribution in [2.75, 3.05) is 17.7 Å². The SMILES string of the molecule is CCOC(=O)c1ccc(NC2CC(C)CC(C)C2)c(N)c1. The van der Waals surface area contributed by atoms with Crippen molar-refractivity contribution < 1.29 is 9.53 Å². The van der Waals surface area contributed by atoms with Gasteiger partial charge in [-0.05, 0) is 56.2 Å². The Bertz CT molecular complexity index is 492. The van der Waals surface area contributed by atoms with Gasteiger partial charge in [0.1, 0.15) is 0 Å². The van der Waals surface area contributed by atoms with E-state index in [-0.39, 0.29) is 5.97 Å². The second kappa shape index (κ2) is 6.83. The second-order valence-corrected chi connectivity index (χ2v) is 6.28. The van der Waals surface area contributed by atoms with Crippen molar-refractivity contribution in [3.8, 4) is 0 Å². The van der Waals surface area contributed by atoms with E-state index in [2.05, 4.69) is 19.2 Å². The fraction of sp³-hybridized carbons (Fsp3) is 0.588. The topological polar surface area (TPSA) is 64.3 Å². The number of nitrogens with one attached hydrogen (secondary N) is 1. The summed E-state index contributed by atoms with van der Waals surface area (Å²) in [5.74, 6) is 1.16. The number of anilines is 2. The smallest absolute Gasteiger partial charge is 0.338 e. The van der Waals surface area contributed by atoms with E-state index in [4.69, 9.17) is 10.5 Å². The first-order chi connectivity index (χ1) is 9.99. The highest BCUT2D eigenvalue weighted by Crippen LogP contribution is 2.32. The van der Waals surface area contributed by atoms with Crippen LogP contribution in [0.3, 0.4) is 0 Å². The van der Waals surface area contributed by atoms with E-state index >= 15 is 0 Å². The summed E-state index contributed by atoms with van der Waals surface area (Å²) in [7, 11) is 0. The summed E-state index contributed by atoms with van der Waals surface area (Å²) < 4.78 is 4.99. The van der Waals surface area contributed by atoms with Gasteiger partial charge in [0.05, 0.1) is 23.5 Å². The molecule has 0 spiro atoms. The summed E-state index contributed by atoms with van der Waals surface area (Å²) in [4.78, 5) is 11.7. The van der Waals surface area contributed by atoms with Gasteiger partial charge < -0.3 is 15.8 Å². The van der Waals surface area contributed by atoms with Crippen LogP contribution in [0.15, 0.2) is 18.2 Å². The number of benzene rings is 1. The summed E-state index contributed by atoms with van der Waals surface area (Å²) >= 11 is 0. The second-order valence-electron chi connectivity index (χ2n) is 6.28. The summed E-state index contributed by atoms with van der Waals surface area (Å²) in [6, 6.07) is 5.80. The maximum atomic E-state index is 11.7. The molecule has 2 unspecified atom stereocenters. The zero-order chi connectivity index (χ0) is 15.4. The lowest BCUT2D eigenvalue weighted by Crippen LogP contribution is -2.30. The monoisotopic (exact) mass is 290 g/mol. The fourth-order valence-electron chi connectivity index (χ4n) is 3.32. The van der Waals surface area contributed by atoms with Gasteiger partial charge in [-0.15, -0.1) is 0 Å². The Morgan fingerprint density at radius 2 is 1.95 bits per heavy atom. The van der Waals surface area contributed by atoms with Crippen molar-refractivity contribution in [2.24, 2.45) is 11.8 Å². The van der Waals surface area contributed by atoms with Crippen LogP contribution in [0.25, 0.3) is 0 Å². The number of nitrogens with two attached hydrogens (primary N) is 1. The molecule has 2 rings (SSSR count). The molecular formula is C17H26N2O2. The predicted molar refractivity (Wildman–Crippen MR) is 86.4 cm³/mol. The quantitative estimate of drug-likeness (QED) is 0.656. The lowest BCUT2D eigenvalue weighted by atomic mass is 9.80. The standard InChI is InChI=1S/C17H26N2O2/c1-4-21-17(20)13-5-6-16(15(18)10-13)19-14-8-11(2)7-12(3)9-14/h5-6,10-12,14,19H,4,7-9,18H2,1-3H3. The van der Waals surface area contributed by atoms with Crippen LogP contribution in [-0.4, -0.2) is 18.6 Å². The largest absolute Gasteiger partial charge is 0.462 e. The van der Waals surface area contributed by atoms with Crippen LogP contribution in [0.5, 0.6) is 0 Å². The number of carbonyl (C=O) groups excluding carboxylic acids is 1. The molecule has 2 atom stereocenters. The maximum Gasteiger partial charge on any atom is 0.338 e. The number of carbonyl (C=O) groups is 1. The van der Waals surface area contributed by atoms with Gasteiger partial charge >= 0.3 is 5.97 Å². The van der Waals surface area contributed by atoms with Crippen LogP contribution < -0.4 is 11.1 Å². The third kappa shape index (κ3) is 4.13. The van der Waals surface area contributed by atoms with Crippen molar-refractivity contribution in [3.63, 3.8) is 0 Å². The van der Waals surface area contributed by atoms with Crippen LogP contribution >= 0.6 is 0 Å². The number of nitrogen functional groups attached to an aromatic ring is 1. The van der Waals surface area contributed by atoms with Crippen molar-refractivity contribution >= 4 is 17.3 Å². The average molecular weight is 290 g/mol. The molecule has 4 nitrogen and oxygen atoms in total. The van der Waals surface area contributed by atoms with Gasteiger partial charge in [0, 0.05) is 6.04 Å². The Kier molecular flexibility index (Phi) is 5.10. The fourth-order valence-corrected chi connectivity index (χ4v) is 3.32. The van der Waals surface area contributed by atoms with Gasteiger partial charge in [-0.25, -0.2) is 4.79 Å². The molecule has 1 aliphatic carbocycles. The van der Waals surface area contributed by atoms with Gasteiger partial charge in [0.25, 0.3) is 0 Å². The zero-order valence-electron chi connectivity index (χ0n) is 13.2. The van der Waals surface area contributed by atoms with Crippen LogP contribution in [0.2, 0.25) is 0 Å². The van der Waals surface area contributed by atoms with Gasteiger partial charge in [0.15, 0.2) is 0 Å². The van der Waals surface area contributed by atoms with Gasteiger partial charge in [0.2, 0.25) is 0 Å². The summed E-state index contributed by atoms with van der Waals surface area (Å²) in [6.07, 6.45) is 3.64. The molecule has 0 bridgehead atoms. The van der Waals surface area contributed by atoms with Crippen molar-refractivity contribution in [2.45, 2.75) is 46.1 Å². The molecule has 0 aromatic heterocycles. The van der Waals surface area contributed by atoms with Crippen LogP contribution in [-0.2, 0) is 4.74 Å².